The molecule has 0 aliphatic heterocycles. The number of amides is 1. The maximum atomic E-state index is 14.1. The van der Waals surface area contributed by atoms with Crippen LogP contribution in [0.15, 0.2) is 56.5 Å². The third kappa shape index (κ3) is 4.00. The van der Waals surface area contributed by atoms with Crippen molar-refractivity contribution in [1.82, 2.24) is 10.4 Å². The van der Waals surface area contributed by atoms with Gasteiger partial charge in [-0.3, -0.25) is 28.8 Å². The molecular formula is C33H21BrN4O10. The van der Waals surface area contributed by atoms with Gasteiger partial charge in [0.15, 0.2) is 23.1 Å². The van der Waals surface area contributed by atoms with Gasteiger partial charge in [-0.1, -0.05) is 6.07 Å². The number of hydrogen-bond acceptors (Lipinski definition) is 12. The van der Waals surface area contributed by atoms with Gasteiger partial charge in [-0.25, -0.2) is 5.43 Å². The van der Waals surface area contributed by atoms with Crippen molar-refractivity contribution in [3.05, 3.63) is 102 Å². The Morgan fingerprint density at radius 3 is 2.35 bits per heavy atom. The predicted molar refractivity (Wildman–Crippen MR) is 172 cm³/mol. The second kappa shape index (κ2) is 10.5. The van der Waals surface area contributed by atoms with Crippen molar-refractivity contribution in [3.63, 3.8) is 0 Å². The van der Waals surface area contributed by atoms with Crippen molar-refractivity contribution >= 4 is 67.6 Å². The van der Waals surface area contributed by atoms with Gasteiger partial charge in [0.1, 0.15) is 22.7 Å². The minimum absolute atomic E-state index is 0.0716. The first kappa shape index (κ1) is 30.6. The monoisotopic (exact) mass is 712 g/mol. The van der Waals surface area contributed by atoms with E-state index in [1.807, 2.05) is 0 Å². The molecule has 7 N–H and O–H groups in total. The zero-order chi connectivity index (χ0) is 34.4. The highest BCUT2D eigenvalue weighted by atomic mass is 79.9. The topological polar surface area (TPSA) is 239 Å². The Labute approximate surface area is 276 Å². The van der Waals surface area contributed by atoms with E-state index in [0.29, 0.717) is 15.7 Å². The lowest BCUT2D eigenvalue weighted by Crippen LogP contribution is -2.36. The van der Waals surface area contributed by atoms with Crippen molar-refractivity contribution < 1.29 is 44.0 Å². The molecule has 0 saturated heterocycles. The van der Waals surface area contributed by atoms with E-state index in [1.165, 1.54) is 30.5 Å². The Balaban J connectivity index is 1.29. The van der Waals surface area contributed by atoms with E-state index >= 15 is 0 Å². The summed E-state index contributed by atoms with van der Waals surface area (Å²) in [5.41, 5.74) is 3.47. The Kier molecular flexibility index (Phi) is 6.66. The van der Waals surface area contributed by atoms with Crippen molar-refractivity contribution in [3.8, 4) is 17.2 Å². The van der Waals surface area contributed by atoms with E-state index in [1.54, 1.807) is 6.07 Å². The van der Waals surface area contributed by atoms with Crippen LogP contribution in [0, 0.1) is 0 Å². The molecule has 1 aromatic heterocycles. The predicted octanol–water partition coefficient (Wildman–Crippen LogP) is 2.93. The van der Waals surface area contributed by atoms with Gasteiger partial charge in [-0.15, -0.1) is 0 Å². The molecule has 14 nitrogen and oxygen atoms in total. The van der Waals surface area contributed by atoms with Gasteiger partial charge in [0.25, 0.3) is 11.5 Å². The van der Waals surface area contributed by atoms with Crippen LogP contribution in [0.3, 0.4) is 0 Å². The van der Waals surface area contributed by atoms with Crippen LogP contribution in [0.2, 0.25) is 0 Å². The molecule has 0 bridgehead atoms. The summed E-state index contributed by atoms with van der Waals surface area (Å²) in [5, 5.41) is 37.7. The summed E-state index contributed by atoms with van der Waals surface area (Å²) in [5.74, 6) is -7.50. The van der Waals surface area contributed by atoms with Gasteiger partial charge in [-0.05, 0) is 64.0 Å². The number of H-pyrrole nitrogens is 1. The first-order valence-corrected chi connectivity index (χ1v) is 15.0. The normalized spacial score (nSPS) is 18.0. The number of allylic oxidation sites excluding steroid dienone is 2. The quantitative estimate of drug-likeness (QED) is 0.0591. The largest absolute Gasteiger partial charge is 0.507 e. The number of carbonyl (C=O) groups is 5. The number of aromatic hydroxyl groups is 3. The van der Waals surface area contributed by atoms with E-state index in [4.69, 9.17) is 10.5 Å². The number of phenols is 3. The van der Waals surface area contributed by atoms with Crippen LogP contribution in [0.25, 0.3) is 10.8 Å². The number of nitrogens with two attached hydrogens (primary N) is 1. The average Bonchev–Trinajstić information content (AvgIpc) is 3.54. The van der Waals surface area contributed by atoms with E-state index in [2.05, 4.69) is 31.4 Å². The molecule has 0 saturated carbocycles. The second-order valence-corrected chi connectivity index (χ2v) is 12.2. The maximum absolute atomic E-state index is 14.1. The van der Waals surface area contributed by atoms with Gasteiger partial charge in [-0.2, -0.15) is 5.10 Å². The van der Waals surface area contributed by atoms with Crippen molar-refractivity contribution in [2.75, 3.05) is 12.8 Å². The number of hydrogen-bond donors (Lipinski definition) is 6. The lowest BCUT2D eigenvalue weighted by Gasteiger charge is -2.22. The summed E-state index contributed by atoms with van der Waals surface area (Å²) >= 11 is 3.25. The number of pyridine rings is 1. The number of benzene rings is 3. The summed E-state index contributed by atoms with van der Waals surface area (Å²) in [6, 6.07) is 7.54. The number of carbonyl (C=O) groups excluding carboxylic acids is 5. The number of rotatable bonds is 4. The number of nitrogen functional groups attached to an aromatic ring is 1. The molecule has 3 aliphatic carbocycles. The molecule has 48 heavy (non-hydrogen) atoms. The number of aryl methyl sites for hydroxylation is 1. The molecular weight excluding hydrogens is 692 g/mol. The molecule has 1 atom stereocenters. The average molecular weight is 713 g/mol. The lowest BCUT2D eigenvalue weighted by molar-refractivity contribution is 0.0790. The van der Waals surface area contributed by atoms with Gasteiger partial charge >= 0.3 is 0 Å². The number of aromatic amines is 1. The molecule has 0 fully saturated rings. The third-order valence-electron chi connectivity index (χ3n) is 8.89. The number of ketones is 4. The fourth-order valence-electron chi connectivity index (χ4n) is 6.72. The third-order valence-corrected chi connectivity index (χ3v) is 9.58. The van der Waals surface area contributed by atoms with Crippen molar-refractivity contribution in [2.24, 2.45) is 5.10 Å². The molecule has 0 radical (unpaired) electrons. The molecule has 3 aliphatic rings. The summed E-state index contributed by atoms with van der Waals surface area (Å²) in [7, 11) is 1.12. The number of phenolic OH excluding ortho intramolecular Hbond substituents is 3. The Hall–Kier alpha value is -6.09. The molecule has 3 aromatic carbocycles. The van der Waals surface area contributed by atoms with Crippen LogP contribution in [-0.2, 0) is 16.6 Å². The number of halogens is 1. The highest BCUT2D eigenvalue weighted by molar-refractivity contribution is 9.10. The Morgan fingerprint density at radius 2 is 1.69 bits per heavy atom. The smallest absolute Gasteiger partial charge is 0.271 e. The molecule has 240 valence electrons. The number of nitrogens with one attached hydrogen (secondary N) is 2. The first-order chi connectivity index (χ1) is 22.8. The highest BCUT2D eigenvalue weighted by Crippen LogP contribution is 2.57. The fraction of sp³-hybridized carbons (Fsp3) is 0.121. The van der Waals surface area contributed by atoms with E-state index in [9.17, 15) is 44.1 Å². The van der Waals surface area contributed by atoms with Crippen molar-refractivity contribution in [1.29, 1.82) is 0 Å². The minimum Gasteiger partial charge on any atom is -0.507 e. The van der Waals surface area contributed by atoms with Crippen LogP contribution in [0.4, 0.5) is 5.69 Å². The molecule has 1 heterocycles. The molecule has 4 aromatic rings. The van der Waals surface area contributed by atoms with Crippen LogP contribution >= 0.6 is 15.9 Å². The van der Waals surface area contributed by atoms with Crippen LogP contribution in [0.5, 0.6) is 17.2 Å². The summed E-state index contributed by atoms with van der Waals surface area (Å²) in [6.07, 6.45) is 1.85. The zero-order valence-electron chi connectivity index (χ0n) is 24.6. The molecule has 1 spiro atoms. The van der Waals surface area contributed by atoms with Gasteiger partial charge < -0.3 is 30.8 Å². The molecule has 15 heteroatoms. The fourth-order valence-corrected chi connectivity index (χ4v) is 7.10. The summed E-state index contributed by atoms with van der Waals surface area (Å²) in [6.45, 7) is 0. The molecule has 0 unspecified atom stereocenters. The van der Waals surface area contributed by atoms with Crippen LogP contribution < -0.4 is 16.7 Å². The number of hydrazone groups is 1. The first-order valence-electron chi connectivity index (χ1n) is 14.2. The second-order valence-electron chi connectivity index (χ2n) is 11.4. The Bertz CT molecular complexity index is 2390. The Morgan fingerprint density at radius 1 is 1.00 bits per heavy atom. The van der Waals surface area contributed by atoms with Crippen LogP contribution in [-0.4, -0.2) is 62.7 Å². The van der Waals surface area contributed by atoms with Gasteiger partial charge in [0.05, 0.1) is 46.7 Å². The number of Topliss-reactive ketones (excluding diaryl/α,β-unsaturated/α-hetero) is 3. The highest BCUT2D eigenvalue weighted by Gasteiger charge is 2.61. The summed E-state index contributed by atoms with van der Waals surface area (Å²) in [4.78, 5) is 82.4. The molecule has 1 amide bonds. The number of methoxy groups -OCH3 is 1. The number of anilines is 1. The zero-order valence-corrected chi connectivity index (χ0v) is 26.1. The van der Waals surface area contributed by atoms with E-state index in [0.717, 1.165) is 13.2 Å². The van der Waals surface area contributed by atoms with Gasteiger partial charge in [0, 0.05) is 27.4 Å². The lowest BCUT2D eigenvalue weighted by atomic mass is 9.76. The van der Waals surface area contributed by atoms with Gasteiger partial charge in [0.2, 0.25) is 5.78 Å². The minimum atomic E-state index is -2.16. The van der Waals surface area contributed by atoms with E-state index < -0.39 is 85.3 Å². The number of aromatic nitrogens is 1. The summed E-state index contributed by atoms with van der Waals surface area (Å²) < 4.78 is 5.44. The maximum Gasteiger partial charge on any atom is 0.271 e. The van der Waals surface area contributed by atoms with Crippen molar-refractivity contribution in [2.45, 2.75) is 18.3 Å². The molecule has 7 rings (SSSR count). The number of fused-ring (bicyclic) bond motifs is 5. The van der Waals surface area contributed by atoms with Crippen LogP contribution in [0.1, 0.15) is 75.0 Å². The van der Waals surface area contributed by atoms with E-state index in [-0.39, 0.29) is 40.4 Å². The SMILES string of the molecule is COC1=CC(=O)c2c(O)c3c(c(O)c2C1=O)C(=O)[C@]1(CCc2cc4cc(C=NNC(=O)c5ccc(N)c(Br)c5)[nH]c(=O)c4c(O)c21)C3=O. The standard InChI is InChI=1S/C33H21BrN4O10/c1-48-18-9-17(39)20-21(25(18)40)27(42)23-22(26(20)41)29(44)33(30(23)45)5-4-11-6-13-7-14(37-32(47)19(13)28(43)24(11)33)10-36-38-31(46)12-2-3-16(35)15(34)8-12/h2-3,6-10,41-43H,4-5,35H2,1H3,(H,37,47)(H,38,46)/t33-/m0/s1. The number of ether oxygens (including phenoxy) is 1. The number of nitrogens with zero attached hydrogens (tertiary/aromatic N) is 1.